The number of unbranched alkanes of at least 4 members (excludes halogenated alkanes) is 1. The van der Waals surface area contributed by atoms with Crippen LogP contribution in [0, 0.1) is 0 Å². The Labute approximate surface area is 199 Å². The van der Waals surface area contributed by atoms with Gasteiger partial charge in [-0.25, -0.2) is 9.13 Å². The van der Waals surface area contributed by atoms with Crippen molar-refractivity contribution in [3.63, 3.8) is 0 Å². The van der Waals surface area contributed by atoms with Crippen molar-refractivity contribution in [1.29, 1.82) is 0 Å². The first-order valence-electron chi connectivity index (χ1n) is 10.2. The van der Waals surface area contributed by atoms with Gasteiger partial charge in [0, 0.05) is 19.9 Å². The molecule has 1 aromatic rings. The molecule has 2 heterocycles. The van der Waals surface area contributed by atoms with Crippen molar-refractivity contribution >= 4 is 27.4 Å². The van der Waals surface area contributed by atoms with E-state index in [0.29, 0.717) is 12.8 Å². The summed E-state index contributed by atoms with van der Waals surface area (Å²) < 4.78 is 44.3. The van der Waals surface area contributed by atoms with Crippen molar-refractivity contribution in [2.75, 3.05) is 26.0 Å². The first-order chi connectivity index (χ1) is 16.2. The van der Waals surface area contributed by atoms with Gasteiger partial charge in [-0.05, 0) is 25.3 Å². The molecule has 2 rings (SSSR count). The van der Waals surface area contributed by atoms with Crippen LogP contribution in [0.1, 0.15) is 25.5 Å². The number of ether oxygens (including phenoxy) is 2. The first kappa shape index (κ1) is 29.5. The van der Waals surface area contributed by atoms with Gasteiger partial charge < -0.3 is 45.6 Å². The number of nitrogens with two attached hydrogens (primary N) is 2. The molecule has 0 spiro atoms. The lowest BCUT2D eigenvalue weighted by Gasteiger charge is -2.24. The summed E-state index contributed by atoms with van der Waals surface area (Å²) in [6.07, 6.45) is -2.58. The van der Waals surface area contributed by atoms with Crippen LogP contribution in [0.5, 0.6) is 0 Å². The van der Waals surface area contributed by atoms with Gasteiger partial charge >= 0.3 is 21.6 Å². The minimum atomic E-state index is -5.08. The number of phosphoric acid groups is 2. The van der Waals surface area contributed by atoms with Crippen LogP contribution in [0.3, 0.4) is 0 Å². The predicted molar refractivity (Wildman–Crippen MR) is 116 cm³/mol. The number of hydrogen-bond acceptors (Lipinski definition) is 11. The van der Waals surface area contributed by atoms with Gasteiger partial charge in [-0.1, -0.05) is 0 Å². The maximum absolute atomic E-state index is 11.5. The molecular formula is C16H29N5O12P2. The lowest BCUT2D eigenvalue weighted by molar-refractivity contribution is -0.138. The van der Waals surface area contributed by atoms with Crippen molar-refractivity contribution in [2.45, 2.75) is 49.8 Å². The number of methoxy groups -OCH3 is 1. The van der Waals surface area contributed by atoms with E-state index in [1.165, 1.54) is 23.9 Å². The Hall–Kier alpha value is -1.75. The Morgan fingerprint density at radius 2 is 1.94 bits per heavy atom. The third-order valence-electron chi connectivity index (χ3n) is 4.86. The second-order valence-electron chi connectivity index (χ2n) is 7.49. The molecule has 1 aliphatic rings. The van der Waals surface area contributed by atoms with Gasteiger partial charge in [0.25, 0.3) is 0 Å². The summed E-state index contributed by atoms with van der Waals surface area (Å²) in [6.45, 7) is -0.565. The number of nitrogens with zero attached hydrogens (tertiary/aromatic N) is 3. The normalized spacial score (nSPS) is 24.6. The third-order valence-corrected chi connectivity index (χ3v) is 5.86. The Morgan fingerprint density at radius 1 is 1.26 bits per heavy atom. The molecule has 200 valence electrons. The van der Waals surface area contributed by atoms with Crippen LogP contribution in [-0.4, -0.2) is 84.8 Å². The minimum absolute atomic E-state index is 0.0473. The van der Waals surface area contributed by atoms with E-state index in [1.54, 1.807) is 0 Å². The van der Waals surface area contributed by atoms with E-state index in [2.05, 4.69) is 14.5 Å². The van der Waals surface area contributed by atoms with Crippen LogP contribution < -0.4 is 17.1 Å². The van der Waals surface area contributed by atoms with Gasteiger partial charge in [-0.15, -0.1) is 0 Å². The van der Waals surface area contributed by atoms with Gasteiger partial charge in [0.05, 0.1) is 6.61 Å². The zero-order chi connectivity index (χ0) is 26.4. The average molecular weight is 545 g/mol. The minimum Gasteiger partial charge on any atom is -0.480 e. The molecule has 9 N–H and O–H groups in total. The average Bonchev–Trinajstić information content (AvgIpc) is 3.06. The summed E-state index contributed by atoms with van der Waals surface area (Å²) in [5.41, 5.74) is 11.3. The second kappa shape index (κ2) is 12.5. The molecule has 1 fully saturated rings. The lowest BCUT2D eigenvalue weighted by atomic mass is 10.1. The number of aliphatic carboxylic acids is 1. The van der Waals surface area contributed by atoms with Gasteiger partial charge in [0.15, 0.2) is 6.23 Å². The quantitative estimate of drug-likeness (QED) is 0.109. The molecule has 1 aromatic heterocycles. The van der Waals surface area contributed by atoms with Crippen LogP contribution in [0.4, 0.5) is 5.82 Å². The molecule has 0 unspecified atom stereocenters. The number of nitrogen functional groups attached to an aromatic ring is 1. The summed E-state index contributed by atoms with van der Waals surface area (Å²) in [5, 5.41) is 8.84. The number of carboxylic acids is 1. The van der Waals surface area contributed by atoms with E-state index in [0.717, 1.165) is 0 Å². The number of anilines is 1. The first-order valence-corrected chi connectivity index (χ1v) is 13.2. The van der Waals surface area contributed by atoms with Gasteiger partial charge in [-0.3, -0.25) is 23.4 Å². The molecule has 1 saturated heterocycles. The van der Waals surface area contributed by atoms with Crippen molar-refractivity contribution in [1.82, 2.24) is 9.55 Å². The van der Waals surface area contributed by atoms with Crippen molar-refractivity contribution < 1.29 is 57.1 Å². The van der Waals surface area contributed by atoms with Crippen molar-refractivity contribution in [3.05, 3.63) is 17.9 Å². The van der Waals surface area contributed by atoms with Gasteiger partial charge in [0.1, 0.15) is 30.2 Å². The Bertz CT molecular complexity index is 1030. The van der Waals surface area contributed by atoms with Crippen LogP contribution in [0.15, 0.2) is 17.3 Å². The fraction of sp³-hybridized carbons (Fsp3) is 0.688. The molecule has 35 heavy (non-hydrogen) atoms. The SMILES string of the molecule is CO[C@@H]1[C@H](OP(=O)(O)O)[C@@H](COP(=O)(O)O)O[C@H]1n1ccc(N)nc1=NCCCC[C@H](N)C(=O)O. The molecule has 17 nitrogen and oxygen atoms in total. The summed E-state index contributed by atoms with van der Waals surface area (Å²) >= 11 is 0. The fourth-order valence-corrected chi connectivity index (χ4v) is 4.22. The Kier molecular flexibility index (Phi) is 10.5. The van der Waals surface area contributed by atoms with Crippen LogP contribution in [-0.2, 0) is 32.4 Å². The monoisotopic (exact) mass is 545 g/mol. The molecule has 0 bridgehead atoms. The maximum Gasteiger partial charge on any atom is 0.470 e. The Morgan fingerprint density at radius 3 is 2.51 bits per heavy atom. The molecule has 0 amide bonds. The molecule has 0 radical (unpaired) electrons. The maximum atomic E-state index is 11.5. The molecular weight excluding hydrogens is 516 g/mol. The lowest BCUT2D eigenvalue weighted by Crippen LogP contribution is -2.39. The summed E-state index contributed by atoms with van der Waals surface area (Å²) in [5.74, 6) is -1.00. The van der Waals surface area contributed by atoms with Gasteiger partial charge in [0.2, 0.25) is 5.62 Å². The molecule has 5 atom stereocenters. The number of hydrogen-bond donors (Lipinski definition) is 7. The topological polar surface area (TPSA) is 272 Å². The number of rotatable bonds is 13. The van der Waals surface area contributed by atoms with Crippen LogP contribution in [0.25, 0.3) is 0 Å². The second-order valence-corrected chi connectivity index (χ2v) is 9.93. The van der Waals surface area contributed by atoms with E-state index in [-0.39, 0.29) is 24.4 Å². The number of carboxylic acid groups (broad SMARTS) is 1. The van der Waals surface area contributed by atoms with E-state index >= 15 is 0 Å². The zero-order valence-corrected chi connectivity index (χ0v) is 20.4. The third kappa shape index (κ3) is 9.33. The smallest absolute Gasteiger partial charge is 0.470 e. The number of carbonyl (C=O) groups is 1. The number of aromatic nitrogens is 2. The van der Waals surface area contributed by atoms with Crippen LogP contribution >= 0.6 is 15.6 Å². The fourth-order valence-electron chi connectivity index (χ4n) is 3.30. The highest BCUT2D eigenvalue weighted by Crippen LogP contribution is 2.45. The van der Waals surface area contributed by atoms with E-state index in [9.17, 15) is 23.7 Å². The van der Waals surface area contributed by atoms with E-state index in [1.807, 2.05) is 0 Å². The molecule has 0 aliphatic carbocycles. The Balaban J connectivity index is 2.30. The zero-order valence-electron chi connectivity index (χ0n) is 18.6. The number of phosphoric ester groups is 2. The molecule has 19 heteroatoms. The van der Waals surface area contributed by atoms with Gasteiger partial charge in [-0.2, -0.15) is 4.98 Å². The van der Waals surface area contributed by atoms with Crippen LogP contribution in [0.2, 0.25) is 0 Å². The molecule has 0 aromatic carbocycles. The summed E-state index contributed by atoms with van der Waals surface area (Å²) in [4.78, 5) is 55.9. The van der Waals surface area contributed by atoms with E-state index in [4.69, 9.17) is 40.4 Å². The summed E-state index contributed by atoms with van der Waals surface area (Å²) in [6, 6.07) is 0.414. The van der Waals surface area contributed by atoms with Crippen molar-refractivity contribution in [2.24, 2.45) is 10.7 Å². The highest BCUT2D eigenvalue weighted by Gasteiger charge is 2.50. The largest absolute Gasteiger partial charge is 0.480 e. The standard InChI is InChI=1S/C16H29N5O12P2/c1-30-13-12(33-35(27,28)29)10(8-31-34(24,25)26)32-14(13)21-7-5-11(18)20-16(21)19-6-3-2-4-9(17)15(22)23/h5,7,9-10,12-14H,2-4,6,8,17H2,1H3,(H,22,23)(H2,18,19,20)(H2,24,25,26)(H2,27,28,29)/t9-,10+,12+,13+,14+/m0/s1. The highest BCUT2D eigenvalue weighted by molar-refractivity contribution is 7.46. The van der Waals surface area contributed by atoms with E-state index < -0.39 is 58.8 Å². The summed E-state index contributed by atoms with van der Waals surface area (Å²) in [7, 11) is -8.79. The molecule has 0 saturated carbocycles. The highest BCUT2D eigenvalue weighted by atomic mass is 31.2. The predicted octanol–water partition coefficient (Wildman–Crippen LogP) is -1.55. The van der Waals surface area contributed by atoms with Crippen molar-refractivity contribution in [3.8, 4) is 0 Å². The molecule has 1 aliphatic heterocycles.